The largest absolute Gasteiger partial charge is 0.483 e. The van der Waals surface area contributed by atoms with Crippen LogP contribution in [0.25, 0.3) is 0 Å². The summed E-state index contributed by atoms with van der Waals surface area (Å²) in [5.41, 5.74) is 8.08. The van der Waals surface area contributed by atoms with E-state index in [1.165, 1.54) is 12.8 Å². The molecule has 0 bridgehead atoms. The Morgan fingerprint density at radius 3 is 2.89 bits per heavy atom. The number of rotatable bonds is 6. The van der Waals surface area contributed by atoms with E-state index < -0.39 is 0 Å². The molecule has 1 aromatic carbocycles. The lowest BCUT2D eigenvalue weighted by atomic mass is 10.1. The van der Waals surface area contributed by atoms with Crippen LogP contribution in [0, 0.1) is 19.8 Å². The van der Waals surface area contributed by atoms with Gasteiger partial charge in [0, 0.05) is 12.6 Å². The van der Waals surface area contributed by atoms with E-state index in [4.69, 9.17) is 10.5 Å². The van der Waals surface area contributed by atoms with Gasteiger partial charge in [-0.05, 0) is 49.8 Å². The Hall–Kier alpha value is -1.55. The lowest BCUT2D eigenvalue weighted by Gasteiger charge is -2.13. The second kappa shape index (κ2) is 6.06. The van der Waals surface area contributed by atoms with E-state index in [0.717, 1.165) is 16.9 Å². The maximum Gasteiger partial charge on any atom is 0.257 e. The van der Waals surface area contributed by atoms with E-state index in [9.17, 15) is 4.79 Å². The van der Waals surface area contributed by atoms with Crippen LogP contribution in [0.4, 0.5) is 0 Å². The molecule has 1 fully saturated rings. The van der Waals surface area contributed by atoms with Gasteiger partial charge in [-0.1, -0.05) is 12.1 Å². The Labute approximate surface area is 114 Å². The SMILES string of the molecule is Cc1ccc(C)c(OCC(=O)NCC(N)C2CC2)c1. The summed E-state index contributed by atoms with van der Waals surface area (Å²) in [4.78, 5) is 11.7. The first-order valence-corrected chi connectivity index (χ1v) is 6.78. The lowest BCUT2D eigenvalue weighted by Crippen LogP contribution is -2.40. The Kier molecular flexibility index (Phi) is 4.43. The summed E-state index contributed by atoms with van der Waals surface area (Å²) in [5, 5.41) is 2.82. The predicted molar refractivity (Wildman–Crippen MR) is 75.1 cm³/mol. The summed E-state index contributed by atoms with van der Waals surface area (Å²) in [6, 6.07) is 6.05. The molecule has 1 aromatic rings. The molecule has 0 heterocycles. The number of aryl methyl sites for hydroxylation is 2. The summed E-state index contributed by atoms with van der Waals surface area (Å²) in [5.74, 6) is 1.25. The van der Waals surface area contributed by atoms with Gasteiger partial charge in [0.05, 0.1) is 0 Å². The Morgan fingerprint density at radius 2 is 2.21 bits per heavy atom. The third-order valence-electron chi connectivity index (χ3n) is 3.46. The zero-order valence-corrected chi connectivity index (χ0v) is 11.6. The molecular formula is C15H22N2O2. The molecule has 0 spiro atoms. The van der Waals surface area contributed by atoms with Gasteiger partial charge in [0.15, 0.2) is 6.61 Å². The van der Waals surface area contributed by atoms with Crippen molar-refractivity contribution >= 4 is 5.91 Å². The first kappa shape index (κ1) is 13.9. The normalized spacial score (nSPS) is 15.9. The Bertz CT molecular complexity index is 455. The van der Waals surface area contributed by atoms with Crippen LogP contribution in [0.5, 0.6) is 5.75 Å². The predicted octanol–water partition coefficient (Wildman–Crippen LogP) is 1.54. The molecule has 1 aliphatic rings. The highest BCUT2D eigenvalue weighted by Crippen LogP contribution is 2.31. The number of benzene rings is 1. The van der Waals surface area contributed by atoms with Gasteiger partial charge in [-0.25, -0.2) is 0 Å². The van der Waals surface area contributed by atoms with E-state index in [1.54, 1.807) is 0 Å². The average Bonchev–Trinajstić information content (AvgIpc) is 3.21. The van der Waals surface area contributed by atoms with Crippen LogP contribution >= 0.6 is 0 Å². The number of hydrogen-bond acceptors (Lipinski definition) is 3. The summed E-state index contributed by atoms with van der Waals surface area (Å²) in [7, 11) is 0. The maximum atomic E-state index is 11.7. The van der Waals surface area contributed by atoms with Crippen molar-refractivity contribution < 1.29 is 9.53 Å². The molecule has 2 rings (SSSR count). The van der Waals surface area contributed by atoms with E-state index >= 15 is 0 Å². The van der Waals surface area contributed by atoms with Crippen molar-refractivity contribution in [2.24, 2.45) is 11.7 Å². The molecular weight excluding hydrogens is 240 g/mol. The van der Waals surface area contributed by atoms with Gasteiger partial charge in [0.1, 0.15) is 5.75 Å². The molecule has 19 heavy (non-hydrogen) atoms. The van der Waals surface area contributed by atoms with Crippen LogP contribution < -0.4 is 15.8 Å². The smallest absolute Gasteiger partial charge is 0.257 e. The fourth-order valence-corrected chi connectivity index (χ4v) is 1.98. The highest BCUT2D eigenvalue weighted by Gasteiger charge is 2.28. The van der Waals surface area contributed by atoms with Crippen LogP contribution in [0.2, 0.25) is 0 Å². The number of amides is 1. The van der Waals surface area contributed by atoms with Crippen LogP contribution in [0.1, 0.15) is 24.0 Å². The Morgan fingerprint density at radius 1 is 1.47 bits per heavy atom. The van der Waals surface area contributed by atoms with Crippen molar-refractivity contribution in [2.75, 3.05) is 13.2 Å². The zero-order valence-electron chi connectivity index (χ0n) is 11.6. The molecule has 0 aliphatic heterocycles. The number of nitrogens with one attached hydrogen (secondary N) is 1. The molecule has 1 saturated carbocycles. The fraction of sp³-hybridized carbons (Fsp3) is 0.533. The van der Waals surface area contributed by atoms with E-state index in [0.29, 0.717) is 12.5 Å². The van der Waals surface area contributed by atoms with Crippen molar-refractivity contribution in [3.05, 3.63) is 29.3 Å². The molecule has 4 nitrogen and oxygen atoms in total. The van der Waals surface area contributed by atoms with Crippen molar-refractivity contribution in [1.82, 2.24) is 5.32 Å². The van der Waals surface area contributed by atoms with E-state index in [-0.39, 0.29) is 18.6 Å². The van der Waals surface area contributed by atoms with Crippen molar-refractivity contribution in [3.63, 3.8) is 0 Å². The zero-order chi connectivity index (χ0) is 13.8. The second-order valence-electron chi connectivity index (χ2n) is 5.36. The third-order valence-corrected chi connectivity index (χ3v) is 3.46. The second-order valence-corrected chi connectivity index (χ2v) is 5.36. The first-order valence-electron chi connectivity index (χ1n) is 6.78. The van der Waals surface area contributed by atoms with Crippen LogP contribution in [0.3, 0.4) is 0 Å². The number of carbonyl (C=O) groups excluding carboxylic acids is 1. The van der Waals surface area contributed by atoms with Gasteiger partial charge in [0.2, 0.25) is 0 Å². The van der Waals surface area contributed by atoms with Crippen LogP contribution in [-0.4, -0.2) is 25.1 Å². The molecule has 1 atom stereocenters. The average molecular weight is 262 g/mol. The number of ether oxygens (including phenoxy) is 1. The highest BCUT2D eigenvalue weighted by atomic mass is 16.5. The van der Waals surface area contributed by atoms with Crippen molar-refractivity contribution in [1.29, 1.82) is 0 Å². The quantitative estimate of drug-likeness (QED) is 0.817. The highest BCUT2D eigenvalue weighted by molar-refractivity contribution is 5.77. The molecule has 0 saturated heterocycles. The summed E-state index contributed by atoms with van der Waals surface area (Å²) in [6.45, 7) is 4.55. The van der Waals surface area contributed by atoms with Gasteiger partial charge < -0.3 is 15.8 Å². The minimum absolute atomic E-state index is 0.0433. The number of hydrogen-bond donors (Lipinski definition) is 2. The van der Waals surface area contributed by atoms with E-state index in [2.05, 4.69) is 5.32 Å². The van der Waals surface area contributed by atoms with Gasteiger partial charge in [0.25, 0.3) is 5.91 Å². The van der Waals surface area contributed by atoms with Gasteiger partial charge in [-0.15, -0.1) is 0 Å². The summed E-state index contributed by atoms with van der Waals surface area (Å²) < 4.78 is 5.53. The molecule has 1 amide bonds. The summed E-state index contributed by atoms with van der Waals surface area (Å²) >= 11 is 0. The van der Waals surface area contributed by atoms with Crippen LogP contribution in [-0.2, 0) is 4.79 Å². The molecule has 1 aliphatic carbocycles. The van der Waals surface area contributed by atoms with E-state index in [1.807, 2.05) is 32.0 Å². The molecule has 1 unspecified atom stereocenters. The molecule has 0 radical (unpaired) electrons. The maximum absolute atomic E-state index is 11.7. The van der Waals surface area contributed by atoms with Gasteiger partial charge in [-0.3, -0.25) is 4.79 Å². The van der Waals surface area contributed by atoms with Crippen molar-refractivity contribution in [2.45, 2.75) is 32.7 Å². The fourth-order valence-electron chi connectivity index (χ4n) is 1.98. The summed E-state index contributed by atoms with van der Waals surface area (Å²) in [6.07, 6.45) is 2.38. The van der Waals surface area contributed by atoms with Gasteiger partial charge >= 0.3 is 0 Å². The topological polar surface area (TPSA) is 64.3 Å². The first-order chi connectivity index (χ1) is 9.06. The third kappa shape index (κ3) is 4.24. The monoisotopic (exact) mass is 262 g/mol. The minimum atomic E-state index is -0.114. The molecule has 3 N–H and O–H groups in total. The molecule has 4 heteroatoms. The standard InChI is InChI=1S/C15H22N2O2/c1-10-3-4-11(2)14(7-10)19-9-15(18)17-8-13(16)12-5-6-12/h3-4,7,12-13H,5-6,8-9,16H2,1-2H3,(H,17,18). The lowest BCUT2D eigenvalue weighted by molar-refractivity contribution is -0.123. The minimum Gasteiger partial charge on any atom is -0.483 e. The van der Waals surface area contributed by atoms with Crippen LogP contribution in [0.15, 0.2) is 18.2 Å². The molecule has 104 valence electrons. The molecule has 0 aromatic heterocycles. The number of nitrogens with two attached hydrogens (primary N) is 1. The number of carbonyl (C=O) groups is 1. The van der Waals surface area contributed by atoms with Crippen molar-refractivity contribution in [3.8, 4) is 5.75 Å². The van der Waals surface area contributed by atoms with Gasteiger partial charge in [-0.2, -0.15) is 0 Å². The Balaban J connectivity index is 1.74.